The molecule has 0 bridgehead atoms. The Bertz CT molecular complexity index is 738. The number of carbonyl (C=O) groups is 1. The predicted molar refractivity (Wildman–Crippen MR) is 118 cm³/mol. The highest BCUT2D eigenvalue weighted by Gasteiger charge is 2.07. The quantitative estimate of drug-likeness (QED) is 0.421. The monoisotopic (exact) mass is 467 g/mol. The fraction of sp³-hybridized carbons (Fsp3) is 0.278. The van der Waals surface area contributed by atoms with Crippen molar-refractivity contribution in [2.75, 3.05) is 18.1 Å². The summed E-state index contributed by atoms with van der Waals surface area (Å²) in [6.45, 7) is 0.613. The number of nitrogens with one attached hydrogen (secondary N) is 1. The maximum absolute atomic E-state index is 11.9. The van der Waals surface area contributed by atoms with Crippen LogP contribution in [0.5, 0.6) is 0 Å². The first-order valence-corrected chi connectivity index (χ1v) is 11.6. The van der Waals surface area contributed by atoms with Gasteiger partial charge in [0.1, 0.15) is 0 Å². The lowest BCUT2D eigenvalue weighted by Crippen LogP contribution is -2.27. The van der Waals surface area contributed by atoms with Gasteiger partial charge in [0.2, 0.25) is 5.91 Å². The van der Waals surface area contributed by atoms with E-state index in [0.29, 0.717) is 38.1 Å². The zero-order valence-electron chi connectivity index (χ0n) is 13.7. The zero-order valence-corrected chi connectivity index (χ0v) is 18.4. The SMILES string of the molecule is O=C(CSCc1c(Cl)cccc1Cl)NCCSCc1ccc(Cl)cc1Cl. The maximum Gasteiger partial charge on any atom is 0.230 e. The average Bonchev–Trinajstić information content (AvgIpc) is 2.59. The molecule has 0 unspecified atom stereocenters. The Morgan fingerprint density at radius 2 is 1.65 bits per heavy atom. The number of carbonyl (C=O) groups excluding carboxylic acids is 1. The van der Waals surface area contributed by atoms with Crippen molar-refractivity contribution in [1.82, 2.24) is 5.32 Å². The van der Waals surface area contributed by atoms with Crippen molar-refractivity contribution < 1.29 is 4.79 Å². The van der Waals surface area contributed by atoms with Gasteiger partial charge in [0.25, 0.3) is 0 Å². The van der Waals surface area contributed by atoms with Gasteiger partial charge in [0.15, 0.2) is 0 Å². The highest BCUT2D eigenvalue weighted by atomic mass is 35.5. The maximum atomic E-state index is 11.9. The highest BCUT2D eigenvalue weighted by Crippen LogP contribution is 2.28. The normalized spacial score (nSPS) is 10.8. The summed E-state index contributed by atoms with van der Waals surface area (Å²) in [5.41, 5.74) is 1.91. The van der Waals surface area contributed by atoms with Crippen LogP contribution in [0.25, 0.3) is 0 Å². The van der Waals surface area contributed by atoms with E-state index in [2.05, 4.69) is 5.32 Å². The van der Waals surface area contributed by atoms with Crippen molar-refractivity contribution in [3.05, 3.63) is 67.6 Å². The minimum Gasteiger partial charge on any atom is -0.355 e. The van der Waals surface area contributed by atoms with Crippen molar-refractivity contribution in [2.45, 2.75) is 11.5 Å². The van der Waals surface area contributed by atoms with E-state index in [9.17, 15) is 4.79 Å². The number of thioether (sulfide) groups is 2. The molecule has 0 aliphatic heterocycles. The minimum atomic E-state index is 0.00306. The van der Waals surface area contributed by atoms with Gasteiger partial charge in [0, 0.05) is 43.9 Å². The minimum absolute atomic E-state index is 0.00306. The molecular weight excluding hydrogens is 452 g/mol. The van der Waals surface area contributed by atoms with Gasteiger partial charge < -0.3 is 5.32 Å². The van der Waals surface area contributed by atoms with Gasteiger partial charge in [-0.2, -0.15) is 11.8 Å². The van der Waals surface area contributed by atoms with Gasteiger partial charge in [-0.25, -0.2) is 0 Å². The largest absolute Gasteiger partial charge is 0.355 e. The molecule has 0 atom stereocenters. The van der Waals surface area contributed by atoms with E-state index in [1.165, 1.54) is 11.8 Å². The smallest absolute Gasteiger partial charge is 0.230 e. The van der Waals surface area contributed by atoms with Gasteiger partial charge in [0.05, 0.1) is 5.75 Å². The van der Waals surface area contributed by atoms with Crippen molar-refractivity contribution >= 4 is 75.8 Å². The molecule has 140 valence electrons. The van der Waals surface area contributed by atoms with Crippen molar-refractivity contribution in [3.8, 4) is 0 Å². The number of hydrogen-bond acceptors (Lipinski definition) is 3. The molecule has 2 nitrogen and oxygen atoms in total. The predicted octanol–water partition coefficient (Wildman–Crippen LogP) is 6.58. The summed E-state index contributed by atoms with van der Waals surface area (Å²) < 4.78 is 0. The summed E-state index contributed by atoms with van der Waals surface area (Å²) in [6, 6.07) is 10.9. The summed E-state index contributed by atoms with van der Waals surface area (Å²) in [5, 5.41) is 5.46. The van der Waals surface area contributed by atoms with Gasteiger partial charge in [-0.15, -0.1) is 11.8 Å². The van der Waals surface area contributed by atoms with Crippen LogP contribution in [0.4, 0.5) is 0 Å². The van der Waals surface area contributed by atoms with Crippen LogP contribution < -0.4 is 5.32 Å². The number of amides is 1. The molecular formula is C18H17Cl4NOS2. The molecule has 0 radical (unpaired) electrons. The van der Waals surface area contributed by atoms with E-state index in [1.54, 1.807) is 36.0 Å². The van der Waals surface area contributed by atoms with Crippen LogP contribution in [0.1, 0.15) is 11.1 Å². The Morgan fingerprint density at radius 3 is 2.35 bits per heavy atom. The first-order chi connectivity index (χ1) is 12.5. The molecule has 2 aromatic carbocycles. The fourth-order valence-corrected chi connectivity index (χ4v) is 5.06. The van der Waals surface area contributed by atoms with Gasteiger partial charge in [-0.05, 0) is 35.4 Å². The molecule has 0 aromatic heterocycles. The van der Waals surface area contributed by atoms with Crippen molar-refractivity contribution in [1.29, 1.82) is 0 Å². The third kappa shape index (κ3) is 7.41. The van der Waals surface area contributed by atoms with E-state index in [4.69, 9.17) is 46.4 Å². The molecule has 1 N–H and O–H groups in total. The number of benzene rings is 2. The molecule has 0 saturated heterocycles. The molecule has 0 heterocycles. The molecule has 8 heteroatoms. The molecule has 0 aliphatic rings. The second kappa shape index (κ2) is 11.6. The van der Waals surface area contributed by atoms with Crippen LogP contribution in [-0.2, 0) is 16.3 Å². The van der Waals surface area contributed by atoms with E-state index < -0.39 is 0 Å². The van der Waals surface area contributed by atoms with Crippen LogP contribution >= 0.6 is 69.9 Å². The molecule has 0 aliphatic carbocycles. The Kier molecular flexibility index (Phi) is 9.82. The van der Waals surface area contributed by atoms with Crippen LogP contribution in [0.3, 0.4) is 0 Å². The number of halogens is 4. The first kappa shape index (κ1) is 22.1. The summed E-state index contributed by atoms with van der Waals surface area (Å²) in [5.74, 6) is 2.57. The topological polar surface area (TPSA) is 29.1 Å². The highest BCUT2D eigenvalue weighted by molar-refractivity contribution is 7.99. The van der Waals surface area contributed by atoms with Crippen LogP contribution in [0.15, 0.2) is 36.4 Å². The molecule has 0 fully saturated rings. The van der Waals surface area contributed by atoms with Crippen LogP contribution in [0, 0.1) is 0 Å². The van der Waals surface area contributed by atoms with Gasteiger partial charge >= 0.3 is 0 Å². The summed E-state index contributed by atoms with van der Waals surface area (Å²) >= 11 is 27.4. The third-order valence-corrected chi connectivity index (χ3v) is 6.64. The Balaban J connectivity index is 1.60. The van der Waals surface area contributed by atoms with Crippen molar-refractivity contribution in [2.24, 2.45) is 0 Å². The molecule has 0 saturated carbocycles. The lowest BCUT2D eigenvalue weighted by Gasteiger charge is -2.08. The van der Waals surface area contributed by atoms with Crippen LogP contribution in [0.2, 0.25) is 20.1 Å². The third-order valence-electron chi connectivity index (χ3n) is 3.38. The summed E-state index contributed by atoms with van der Waals surface area (Å²) in [4.78, 5) is 11.9. The lowest BCUT2D eigenvalue weighted by atomic mass is 10.2. The number of rotatable bonds is 9. The van der Waals surface area contributed by atoms with Gasteiger partial charge in [-0.3, -0.25) is 4.79 Å². The lowest BCUT2D eigenvalue weighted by molar-refractivity contribution is -0.118. The van der Waals surface area contributed by atoms with Crippen LogP contribution in [-0.4, -0.2) is 24.0 Å². The molecule has 0 spiro atoms. The molecule has 2 aromatic rings. The Labute approximate surface area is 182 Å². The second-order valence-electron chi connectivity index (χ2n) is 5.33. The first-order valence-electron chi connectivity index (χ1n) is 7.76. The van der Waals surface area contributed by atoms with E-state index in [0.717, 1.165) is 22.6 Å². The summed E-state index contributed by atoms with van der Waals surface area (Å²) in [6.07, 6.45) is 0. The van der Waals surface area contributed by atoms with Crippen molar-refractivity contribution in [3.63, 3.8) is 0 Å². The molecule has 26 heavy (non-hydrogen) atoms. The molecule has 1 amide bonds. The Morgan fingerprint density at radius 1 is 0.923 bits per heavy atom. The van der Waals surface area contributed by atoms with E-state index in [1.807, 2.05) is 12.1 Å². The Hall–Kier alpha value is -0.230. The number of hydrogen-bond donors (Lipinski definition) is 1. The zero-order chi connectivity index (χ0) is 18.9. The summed E-state index contributed by atoms with van der Waals surface area (Å²) in [7, 11) is 0. The fourth-order valence-electron chi connectivity index (χ4n) is 2.05. The average molecular weight is 469 g/mol. The second-order valence-corrected chi connectivity index (χ2v) is 9.08. The van der Waals surface area contributed by atoms with E-state index >= 15 is 0 Å². The van der Waals surface area contributed by atoms with Gasteiger partial charge in [-0.1, -0.05) is 58.5 Å². The van der Waals surface area contributed by atoms with E-state index in [-0.39, 0.29) is 5.91 Å². The standard InChI is InChI=1S/C18H17Cl4NOS2/c19-13-5-4-12(17(22)8-13)9-25-7-6-23-18(24)11-26-10-14-15(20)2-1-3-16(14)21/h1-5,8H,6-7,9-11H2,(H,23,24). The molecule has 2 rings (SSSR count).